The molecule has 0 aromatic rings. The van der Waals surface area contributed by atoms with Crippen LogP contribution in [0.4, 0.5) is 0 Å². The van der Waals surface area contributed by atoms with E-state index < -0.39 is 6.10 Å². The summed E-state index contributed by atoms with van der Waals surface area (Å²) in [6.45, 7) is 7.43. The van der Waals surface area contributed by atoms with E-state index in [9.17, 15) is 9.59 Å². The van der Waals surface area contributed by atoms with Gasteiger partial charge in [-0.25, -0.2) is 0 Å². The molecule has 64 heavy (non-hydrogen) atoms. The second-order valence-electron chi connectivity index (χ2n) is 17.0. The lowest BCUT2D eigenvalue weighted by molar-refractivity contribution is -0.163. The highest BCUT2D eigenvalue weighted by atomic mass is 16.6. The van der Waals surface area contributed by atoms with Gasteiger partial charge in [0.05, 0.1) is 6.61 Å². The van der Waals surface area contributed by atoms with Gasteiger partial charge in [0.2, 0.25) is 0 Å². The SMILES string of the molecule is CC/C=C\C/C=C\C/C=C\C/C=C\C/C=C\C/C=C\CCCOCC(COC(=O)CCCCCCCCCCCCCCCCC)OC(=O)CCCCC/C=C\C/C=C\C/C=C\CC. The minimum Gasteiger partial charge on any atom is -0.462 e. The Balaban J connectivity index is 4.41. The normalized spacial score (nSPS) is 13.1. The molecule has 0 N–H and O–H groups in total. The van der Waals surface area contributed by atoms with Crippen LogP contribution in [0.3, 0.4) is 0 Å². The van der Waals surface area contributed by atoms with Gasteiger partial charge in [-0.2, -0.15) is 0 Å². The second-order valence-corrected chi connectivity index (χ2v) is 17.0. The van der Waals surface area contributed by atoms with Gasteiger partial charge in [-0.3, -0.25) is 9.59 Å². The molecule has 0 radical (unpaired) electrons. The molecule has 0 amide bonds. The average molecular weight is 887 g/mol. The fourth-order valence-corrected chi connectivity index (χ4v) is 6.95. The van der Waals surface area contributed by atoms with Crippen LogP contribution in [0.5, 0.6) is 0 Å². The standard InChI is InChI=1S/C59H98O5/c1-4-7-10-13-16-19-22-25-27-28-29-30-31-33-36-39-42-45-48-51-54-62-55-57(64-59(61)53-50-47-44-41-38-34-24-21-18-15-12-9-6-3)56-63-58(60)52-49-46-43-40-37-35-32-26-23-20-17-14-11-8-5-2/h7,9-10,12,16,18-19,21,25,27,29-30,33-34,36,38,42,45,57H,4-6,8,11,13-15,17,20,22-24,26,28,31-32,35,37,39-41,43-44,46-56H2,1-3H3/b10-7-,12-9-,19-16-,21-18-,27-25-,30-29-,36-33-,38-34-,45-42-. The molecule has 0 aliphatic heterocycles. The summed E-state index contributed by atoms with van der Waals surface area (Å²) in [6.07, 6.45) is 74.0. The Bertz CT molecular complexity index is 1280. The quantitative estimate of drug-likeness (QED) is 0.0346. The zero-order valence-corrected chi connectivity index (χ0v) is 41.8. The van der Waals surface area contributed by atoms with Gasteiger partial charge < -0.3 is 14.2 Å². The van der Waals surface area contributed by atoms with Gasteiger partial charge in [0, 0.05) is 19.4 Å². The van der Waals surface area contributed by atoms with Crippen LogP contribution >= 0.6 is 0 Å². The molecular weight excluding hydrogens is 789 g/mol. The van der Waals surface area contributed by atoms with E-state index in [0.29, 0.717) is 19.4 Å². The number of rotatable bonds is 47. The topological polar surface area (TPSA) is 61.8 Å². The van der Waals surface area contributed by atoms with Gasteiger partial charge in [0.15, 0.2) is 6.10 Å². The van der Waals surface area contributed by atoms with Crippen LogP contribution in [-0.2, 0) is 23.8 Å². The van der Waals surface area contributed by atoms with Crippen molar-refractivity contribution >= 4 is 11.9 Å². The minimum atomic E-state index is -0.586. The summed E-state index contributed by atoms with van der Waals surface area (Å²) in [6, 6.07) is 0. The van der Waals surface area contributed by atoms with Crippen molar-refractivity contribution in [2.45, 2.75) is 232 Å². The van der Waals surface area contributed by atoms with Crippen LogP contribution in [0.25, 0.3) is 0 Å². The van der Waals surface area contributed by atoms with Crippen molar-refractivity contribution in [3.8, 4) is 0 Å². The molecule has 0 aliphatic rings. The molecule has 0 spiro atoms. The molecule has 1 unspecified atom stereocenters. The zero-order valence-electron chi connectivity index (χ0n) is 41.8. The van der Waals surface area contributed by atoms with E-state index in [0.717, 1.165) is 109 Å². The van der Waals surface area contributed by atoms with Crippen LogP contribution in [0.15, 0.2) is 109 Å². The Labute approximate surface area is 395 Å². The molecule has 0 bridgehead atoms. The van der Waals surface area contributed by atoms with E-state index in [1.165, 1.54) is 83.5 Å². The van der Waals surface area contributed by atoms with Crippen molar-refractivity contribution in [3.05, 3.63) is 109 Å². The molecule has 5 heteroatoms. The second kappa shape index (κ2) is 53.9. The lowest BCUT2D eigenvalue weighted by Gasteiger charge is -2.18. The molecule has 5 nitrogen and oxygen atoms in total. The van der Waals surface area contributed by atoms with Crippen LogP contribution < -0.4 is 0 Å². The predicted molar refractivity (Wildman–Crippen MR) is 279 cm³/mol. The number of unbranched alkanes of at least 4 members (excludes halogenated alkanes) is 18. The Morgan fingerprint density at radius 1 is 0.359 bits per heavy atom. The molecule has 0 fully saturated rings. The third-order valence-electron chi connectivity index (χ3n) is 10.8. The maximum atomic E-state index is 12.8. The third kappa shape index (κ3) is 51.2. The van der Waals surface area contributed by atoms with Crippen molar-refractivity contribution in [1.82, 2.24) is 0 Å². The van der Waals surface area contributed by atoms with Crippen LogP contribution in [0.1, 0.15) is 226 Å². The molecule has 1 atom stereocenters. The number of hydrogen-bond donors (Lipinski definition) is 0. The highest BCUT2D eigenvalue weighted by Crippen LogP contribution is 2.14. The average Bonchev–Trinajstić information content (AvgIpc) is 3.30. The van der Waals surface area contributed by atoms with Gasteiger partial charge in [0.25, 0.3) is 0 Å². The Kier molecular flexibility index (Phi) is 51.0. The van der Waals surface area contributed by atoms with Crippen LogP contribution in [0.2, 0.25) is 0 Å². The van der Waals surface area contributed by atoms with Gasteiger partial charge >= 0.3 is 11.9 Å². The van der Waals surface area contributed by atoms with E-state index in [-0.39, 0.29) is 25.2 Å². The molecule has 0 saturated heterocycles. The minimum absolute atomic E-state index is 0.0462. The first-order valence-corrected chi connectivity index (χ1v) is 26.4. The van der Waals surface area contributed by atoms with Crippen molar-refractivity contribution < 1.29 is 23.8 Å². The smallest absolute Gasteiger partial charge is 0.306 e. The zero-order chi connectivity index (χ0) is 46.3. The number of allylic oxidation sites excluding steroid dienone is 18. The number of esters is 2. The van der Waals surface area contributed by atoms with Crippen molar-refractivity contribution in [3.63, 3.8) is 0 Å². The highest BCUT2D eigenvalue weighted by Gasteiger charge is 2.17. The first-order valence-electron chi connectivity index (χ1n) is 26.4. The predicted octanol–water partition coefficient (Wildman–Crippen LogP) is 18.0. The van der Waals surface area contributed by atoms with Crippen molar-refractivity contribution in [2.24, 2.45) is 0 Å². The Morgan fingerprint density at radius 2 is 0.703 bits per heavy atom. The first-order chi connectivity index (χ1) is 31.6. The summed E-state index contributed by atoms with van der Waals surface area (Å²) < 4.78 is 17.3. The van der Waals surface area contributed by atoms with E-state index in [4.69, 9.17) is 14.2 Å². The molecule has 0 aromatic heterocycles. The summed E-state index contributed by atoms with van der Waals surface area (Å²) in [5.74, 6) is -0.465. The fraction of sp³-hybridized carbons (Fsp3) is 0.661. The van der Waals surface area contributed by atoms with E-state index in [2.05, 4.69) is 130 Å². The van der Waals surface area contributed by atoms with E-state index >= 15 is 0 Å². The monoisotopic (exact) mass is 887 g/mol. The van der Waals surface area contributed by atoms with Gasteiger partial charge in [-0.05, 0) is 96.3 Å². The van der Waals surface area contributed by atoms with Gasteiger partial charge in [-0.15, -0.1) is 0 Å². The number of carbonyl (C=O) groups is 2. The van der Waals surface area contributed by atoms with Gasteiger partial charge in [-0.1, -0.05) is 226 Å². The van der Waals surface area contributed by atoms with E-state index in [1.54, 1.807) is 0 Å². The fourth-order valence-electron chi connectivity index (χ4n) is 6.95. The van der Waals surface area contributed by atoms with Gasteiger partial charge in [0.1, 0.15) is 6.61 Å². The molecule has 0 saturated carbocycles. The molecular formula is C59H98O5. The maximum absolute atomic E-state index is 12.8. The summed E-state index contributed by atoms with van der Waals surface area (Å²) in [5, 5.41) is 0. The first kappa shape index (κ1) is 60.6. The number of hydrogen-bond acceptors (Lipinski definition) is 5. The summed E-state index contributed by atoms with van der Waals surface area (Å²) in [4.78, 5) is 25.4. The largest absolute Gasteiger partial charge is 0.462 e. The third-order valence-corrected chi connectivity index (χ3v) is 10.8. The van der Waals surface area contributed by atoms with Crippen LogP contribution in [-0.4, -0.2) is 37.9 Å². The maximum Gasteiger partial charge on any atom is 0.306 e. The lowest BCUT2D eigenvalue weighted by Crippen LogP contribution is -2.30. The molecule has 0 rings (SSSR count). The van der Waals surface area contributed by atoms with Crippen molar-refractivity contribution in [2.75, 3.05) is 19.8 Å². The van der Waals surface area contributed by atoms with Crippen molar-refractivity contribution in [1.29, 1.82) is 0 Å². The lowest BCUT2D eigenvalue weighted by atomic mass is 10.0. The summed E-state index contributed by atoms with van der Waals surface area (Å²) >= 11 is 0. The molecule has 0 aromatic carbocycles. The molecule has 0 aliphatic carbocycles. The number of carbonyl (C=O) groups excluding carboxylic acids is 2. The summed E-state index contributed by atoms with van der Waals surface area (Å²) in [5.41, 5.74) is 0. The highest BCUT2D eigenvalue weighted by molar-refractivity contribution is 5.70. The number of ether oxygens (including phenoxy) is 3. The molecule has 0 heterocycles. The molecule has 364 valence electrons. The van der Waals surface area contributed by atoms with E-state index in [1.807, 2.05) is 0 Å². The Hall–Kier alpha value is -3.44. The summed E-state index contributed by atoms with van der Waals surface area (Å²) in [7, 11) is 0. The van der Waals surface area contributed by atoms with Crippen LogP contribution in [0, 0.1) is 0 Å². The Morgan fingerprint density at radius 3 is 1.12 bits per heavy atom.